The molecule has 0 N–H and O–H groups in total. The highest BCUT2D eigenvalue weighted by Crippen LogP contribution is 2.21. The second kappa shape index (κ2) is 6.23. The van der Waals surface area contributed by atoms with E-state index in [-0.39, 0.29) is 11.3 Å². The van der Waals surface area contributed by atoms with E-state index in [1.54, 1.807) is 17.1 Å². The van der Waals surface area contributed by atoms with Gasteiger partial charge in [-0.15, -0.1) is 0 Å². The molecule has 0 atom stereocenters. The predicted octanol–water partition coefficient (Wildman–Crippen LogP) is 1.37. The van der Waals surface area contributed by atoms with E-state index >= 15 is 0 Å². The summed E-state index contributed by atoms with van der Waals surface area (Å²) in [5, 5.41) is 4.23. The second-order valence-corrected chi connectivity index (χ2v) is 4.76. The van der Waals surface area contributed by atoms with Gasteiger partial charge in [0.05, 0.1) is 25.6 Å². The maximum atomic E-state index is 5.95. The van der Waals surface area contributed by atoms with Gasteiger partial charge >= 0.3 is 6.01 Å². The van der Waals surface area contributed by atoms with Gasteiger partial charge in [-0.25, -0.2) is 0 Å². The molecule has 0 aliphatic carbocycles. The molecule has 2 aromatic heterocycles. The summed E-state index contributed by atoms with van der Waals surface area (Å²) < 4.78 is 12.6. The maximum Gasteiger partial charge on any atom is 0.328 e. The average Bonchev–Trinajstić information content (AvgIpc) is 2.95. The molecule has 0 unspecified atom stereocenters. The van der Waals surface area contributed by atoms with Gasteiger partial charge in [0.2, 0.25) is 11.2 Å². The zero-order valence-corrected chi connectivity index (χ0v) is 12.3. The first-order valence-electron chi connectivity index (χ1n) is 6.69. The highest BCUT2D eigenvalue weighted by molar-refractivity contribution is 6.28. The molecule has 1 saturated heterocycles. The zero-order chi connectivity index (χ0) is 14.7. The van der Waals surface area contributed by atoms with Crippen molar-refractivity contribution in [2.45, 2.75) is 13.5 Å². The molecule has 1 aliphatic rings. The number of ether oxygens (including phenoxy) is 2. The highest BCUT2D eigenvalue weighted by atomic mass is 35.5. The summed E-state index contributed by atoms with van der Waals surface area (Å²) in [5.74, 6) is 1.06. The van der Waals surface area contributed by atoms with Crippen LogP contribution in [-0.4, -0.2) is 51.0 Å². The van der Waals surface area contributed by atoms with Crippen LogP contribution in [0.15, 0.2) is 12.4 Å². The largest absolute Gasteiger partial charge is 0.421 e. The molecule has 1 fully saturated rings. The molecule has 0 amide bonds. The van der Waals surface area contributed by atoms with Gasteiger partial charge in [-0.2, -0.15) is 20.1 Å². The number of hydrogen-bond donors (Lipinski definition) is 0. The molecule has 1 aliphatic heterocycles. The van der Waals surface area contributed by atoms with E-state index in [2.05, 4.69) is 20.1 Å². The van der Waals surface area contributed by atoms with Gasteiger partial charge in [0.25, 0.3) is 0 Å². The Bertz CT molecular complexity index is 614. The lowest BCUT2D eigenvalue weighted by Crippen LogP contribution is -2.37. The van der Waals surface area contributed by atoms with Crippen molar-refractivity contribution in [2.75, 3.05) is 31.2 Å². The van der Waals surface area contributed by atoms with Crippen LogP contribution in [0.1, 0.15) is 6.92 Å². The van der Waals surface area contributed by atoms with Crippen molar-refractivity contribution in [1.29, 1.82) is 0 Å². The molecular weight excluding hydrogens is 296 g/mol. The Labute approximate surface area is 126 Å². The van der Waals surface area contributed by atoms with Gasteiger partial charge in [-0.3, -0.25) is 4.68 Å². The van der Waals surface area contributed by atoms with Gasteiger partial charge < -0.3 is 14.4 Å². The lowest BCUT2D eigenvalue weighted by molar-refractivity contribution is 0.122. The molecule has 3 rings (SSSR count). The number of rotatable bonds is 4. The minimum Gasteiger partial charge on any atom is -0.421 e. The lowest BCUT2D eigenvalue weighted by Gasteiger charge is -2.26. The van der Waals surface area contributed by atoms with Crippen LogP contribution < -0.4 is 9.64 Å². The van der Waals surface area contributed by atoms with Crippen molar-refractivity contribution in [3.05, 3.63) is 17.7 Å². The SMILES string of the molecule is CCn1cc(Oc2nc(Cl)nc(N3CCOCC3)n2)cn1. The topological polar surface area (TPSA) is 78.2 Å². The fourth-order valence-electron chi connectivity index (χ4n) is 1.95. The van der Waals surface area contributed by atoms with Gasteiger partial charge in [0, 0.05) is 19.6 Å². The van der Waals surface area contributed by atoms with Crippen molar-refractivity contribution >= 4 is 17.5 Å². The number of nitrogens with zero attached hydrogens (tertiary/aromatic N) is 6. The molecule has 0 radical (unpaired) electrons. The van der Waals surface area contributed by atoms with Crippen LogP contribution in [0.3, 0.4) is 0 Å². The summed E-state index contributed by atoms with van der Waals surface area (Å²) in [5.41, 5.74) is 0. The Morgan fingerprint density at radius 2 is 2.10 bits per heavy atom. The smallest absolute Gasteiger partial charge is 0.328 e. The number of morpholine rings is 1. The fraction of sp³-hybridized carbons (Fsp3) is 0.500. The number of halogens is 1. The molecule has 0 bridgehead atoms. The van der Waals surface area contributed by atoms with Crippen LogP contribution in [-0.2, 0) is 11.3 Å². The highest BCUT2D eigenvalue weighted by Gasteiger charge is 2.17. The predicted molar refractivity (Wildman–Crippen MR) is 75.8 cm³/mol. The summed E-state index contributed by atoms with van der Waals surface area (Å²) in [4.78, 5) is 14.4. The van der Waals surface area contributed by atoms with E-state index in [1.807, 2.05) is 11.8 Å². The third-order valence-electron chi connectivity index (χ3n) is 3.01. The van der Waals surface area contributed by atoms with Crippen molar-refractivity contribution in [3.63, 3.8) is 0 Å². The van der Waals surface area contributed by atoms with Crippen LogP contribution >= 0.6 is 11.6 Å². The molecular formula is C12H15ClN6O2. The Morgan fingerprint density at radius 3 is 2.81 bits per heavy atom. The Balaban J connectivity index is 1.79. The first-order chi connectivity index (χ1) is 10.2. The third kappa shape index (κ3) is 3.40. The maximum absolute atomic E-state index is 5.95. The number of hydrogen-bond acceptors (Lipinski definition) is 7. The van der Waals surface area contributed by atoms with Crippen molar-refractivity contribution in [3.8, 4) is 11.8 Å². The number of aryl methyl sites for hydroxylation is 1. The van der Waals surface area contributed by atoms with Crippen LogP contribution in [0, 0.1) is 0 Å². The van der Waals surface area contributed by atoms with Crippen molar-refractivity contribution in [1.82, 2.24) is 24.7 Å². The Hall–Kier alpha value is -1.93. The normalized spacial score (nSPS) is 15.2. The van der Waals surface area contributed by atoms with E-state index in [9.17, 15) is 0 Å². The lowest BCUT2D eigenvalue weighted by atomic mass is 10.4. The van der Waals surface area contributed by atoms with Crippen LogP contribution in [0.4, 0.5) is 5.95 Å². The van der Waals surface area contributed by atoms with Gasteiger partial charge in [-0.1, -0.05) is 0 Å². The van der Waals surface area contributed by atoms with Crippen LogP contribution in [0.5, 0.6) is 11.8 Å². The van der Waals surface area contributed by atoms with Crippen molar-refractivity contribution in [2.24, 2.45) is 0 Å². The molecule has 112 valence electrons. The van der Waals surface area contributed by atoms with E-state index in [0.29, 0.717) is 38.0 Å². The van der Waals surface area contributed by atoms with E-state index < -0.39 is 0 Å². The van der Waals surface area contributed by atoms with Gasteiger partial charge in [0.1, 0.15) is 0 Å². The Kier molecular flexibility index (Phi) is 4.16. The molecule has 8 nitrogen and oxygen atoms in total. The van der Waals surface area contributed by atoms with Gasteiger partial charge in [-0.05, 0) is 18.5 Å². The molecule has 0 aromatic carbocycles. The third-order valence-corrected chi connectivity index (χ3v) is 3.18. The van der Waals surface area contributed by atoms with E-state index in [1.165, 1.54) is 0 Å². The standard InChI is InChI=1S/C12H15ClN6O2/c1-2-19-8-9(7-14-19)21-12-16-10(13)15-11(17-12)18-3-5-20-6-4-18/h7-8H,2-6H2,1H3. The summed E-state index contributed by atoms with van der Waals surface area (Å²) >= 11 is 5.95. The first-order valence-corrected chi connectivity index (χ1v) is 7.07. The molecule has 0 saturated carbocycles. The average molecular weight is 311 g/mol. The minimum absolute atomic E-state index is 0.101. The summed E-state index contributed by atoms with van der Waals surface area (Å²) in [6.45, 7) is 5.47. The number of aromatic nitrogens is 5. The van der Waals surface area contributed by atoms with Crippen LogP contribution in [0.25, 0.3) is 0 Å². The molecule has 9 heteroatoms. The second-order valence-electron chi connectivity index (χ2n) is 4.42. The van der Waals surface area contributed by atoms with E-state index in [4.69, 9.17) is 21.1 Å². The number of anilines is 1. The Morgan fingerprint density at radius 1 is 1.29 bits per heavy atom. The molecule has 2 aromatic rings. The fourth-order valence-corrected chi connectivity index (χ4v) is 2.10. The quantitative estimate of drug-likeness (QED) is 0.844. The first kappa shape index (κ1) is 14.0. The monoisotopic (exact) mass is 310 g/mol. The summed E-state index contributed by atoms with van der Waals surface area (Å²) in [7, 11) is 0. The van der Waals surface area contributed by atoms with Crippen molar-refractivity contribution < 1.29 is 9.47 Å². The minimum atomic E-state index is 0.101. The molecule has 21 heavy (non-hydrogen) atoms. The van der Waals surface area contributed by atoms with E-state index in [0.717, 1.165) is 6.54 Å². The summed E-state index contributed by atoms with van der Waals surface area (Å²) in [6, 6.07) is 0.159. The van der Waals surface area contributed by atoms with Crippen LogP contribution in [0.2, 0.25) is 5.28 Å². The van der Waals surface area contributed by atoms with Gasteiger partial charge in [0.15, 0.2) is 5.75 Å². The zero-order valence-electron chi connectivity index (χ0n) is 11.6. The summed E-state index contributed by atoms with van der Waals surface area (Å²) in [6.07, 6.45) is 3.38. The molecule has 0 spiro atoms. The molecule has 3 heterocycles.